The van der Waals surface area contributed by atoms with Gasteiger partial charge in [0.2, 0.25) is 0 Å². The summed E-state index contributed by atoms with van der Waals surface area (Å²) in [6, 6.07) is 17.9. The van der Waals surface area contributed by atoms with Crippen LogP contribution in [-0.4, -0.2) is 18.3 Å². The molecule has 0 fully saturated rings. The van der Waals surface area contributed by atoms with E-state index in [0.717, 1.165) is 10.9 Å². The minimum absolute atomic E-state index is 0.130. The molecule has 0 unspecified atom stereocenters. The molecule has 5 heteroatoms. The predicted molar refractivity (Wildman–Crippen MR) is 111 cm³/mol. The zero-order chi connectivity index (χ0) is 20.1. The van der Waals surface area contributed by atoms with Gasteiger partial charge in [-0.2, -0.15) is 0 Å². The molecule has 3 rings (SSSR count). The molecular weight excluding hydrogens is 354 g/mol. The molecule has 0 heterocycles. The molecule has 2 N–H and O–H groups in total. The third-order valence-corrected chi connectivity index (χ3v) is 4.66. The predicted octanol–water partition coefficient (Wildman–Crippen LogP) is 5.67. The molecule has 0 saturated heterocycles. The third-order valence-electron chi connectivity index (χ3n) is 4.66. The number of methoxy groups -OCH3 is 1. The molecule has 0 saturated carbocycles. The number of hydrogen-bond donors (Lipinski definition) is 2. The van der Waals surface area contributed by atoms with Gasteiger partial charge in [0.15, 0.2) is 0 Å². The Balaban J connectivity index is 1.88. The van der Waals surface area contributed by atoms with Gasteiger partial charge in [-0.1, -0.05) is 43.3 Å². The van der Waals surface area contributed by atoms with E-state index in [9.17, 15) is 9.90 Å². The standard InChI is InChI=1S/C23H23NO4/c1-4-15(2)22(20-13-14-21(25)19-8-6-5-7-18(19)20)28-23(26)24-16-9-11-17(27-3)12-10-16/h4-15,22,25H,1H2,2-3H3,(H,24,26)/t15-,22+/m1/s1. The summed E-state index contributed by atoms with van der Waals surface area (Å²) in [4.78, 5) is 12.5. The number of hydrogen-bond acceptors (Lipinski definition) is 4. The molecular formula is C23H23NO4. The highest BCUT2D eigenvalue weighted by Crippen LogP contribution is 2.36. The number of phenolic OH excluding ortho intramolecular Hbond substituents is 1. The van der Waals surface area contributed by atoms with E-state index >= 15 is 0 Å². The van der Waals surface area contributed by atoms with Crippen LogP contribution in [0, 0.1) is 5.92 Å². The van der Waals surface area contributed by atoms with Crippen LogP contribution in [0.5, 0.6) is 11.5 Å². The Bertz CT molecular complexity index is 982. The van der Waals surface area contributed by atoms with Crippen molar-refractivity contribution in [3.8, 4) is 11.5 Å². The summed E-state index contributed by atoms with van der Waals surface area (Å²) in [7, 11) is 1.58. The second kappa shape index (κ2) is 8.48. The average Bonchev–Trinajstić information content (AvgIpc) is 2.73. The molecule has 144 valence electrons. The Morgan fingerprint density at radius 2 is 1.75 bits per heavy atom. The number of carbonyl (C=O) groups excluding carboxylic acids is 1. The fourth-order valence-corrected chi connectivity index (χ4v) is 3.07. The number of fused-ring (bicyclic) bond motifs is 1. The van der Waals surface area contributed by atoms with Crippen LogP contribution in [0.25, 0.3) is 10.8 Å². The van der Waals surface area contributed by atoms with Crippen molar-refractivity contribution >= 4 is 22.6 Å². The van der Waals surface area contributed by atoms with Gasteiger partial charge in [0.25, 0.3) is 0 Å². The van der Waals surface area contributed by atoms with Crippen LogP contribution >= 0.6 is 0 Å². The summed E-state index contributed by atoms with van der Waals surface area (Å²) in [6.45, 7) is 5.77. The molecule has 2 atom stereocenters. The van der Waals surface area contributed by atoms with Crippen LogP contribution in [0.2, 0.25) is 0 Å². The lowest BCUT2D eigenvalue weighted by Crippen LogP contribution is -2.21. The zero-order valence-electron chi connectivity index (χ0n) is 15.9. The number of rotatable bonds is 6. The van der Waals surface area contributed by atoms with E-state index in [0.29, 0.717) is 16.8 Å². The molecule has 0 aliphatic carbocycles. The van der Waals surface area contributed by atoms with Crippen molar-refractivity contribution in [3.05, 3.63) is 78.9 Å². The van der Waals surface area contributed by atoms with Crippen molar-refractivity contribution in [2.75, 3.05) is 12.4 Å². The summed E-state index contributed by atoms with van der Waals surface area (Å²) in [6.07, 6.45) is 0.620. The Hall–Kier alpha value is -3.47. The highest BCUT2D eigenvalue weighted by atomic mass is 16.6. The number of anilines is 1. The number of nitrogens with one attached hydrogen (secondary N) is 1. The monoisotopic (exact) mass is 377 g/mol. The fourth-order valence-electron chi connectivity index (χ4n) is 3.07. The molecule has 0 aliphatic heterocycles. The molecule has 0 aliphatic rings. The Morgan fingerprint density at radius 3 is 2.39 bits per heavy atom. The number of phenols is 1. The highest BCUT2D eigenvalue weighted by molar-refractivity contribution is 5.91. The zero-order valence-corrected chi connectivity index (χ0v) is 15.9. The van der Waals surface area contributed by atoms with Crippen LogP contribution in [0.1, 0.15) is 18.6 Å². The molecule has 0 radical (unpaired) electrons. The summed E-state index contributed by atoms with van der Waals surface area (Å²) in [5, 5.41) is 14.4. The first-order chi connectivity index (χ1) is 13.5. The minimum Gasteiger partial charge on any atom is -0.507 e. The van der Waals surface area contributed by atoms with Gasteiger partial charge in [-0.15, -0.1) is 6.58 Å². The number of amides is 1. The molecule has 0 spiro atoms. The van der Waals surface area contributed by atoms with Gasteiger partial charge in [0, 0.05) is 22.6 Å². The van der Waals surface area contributed by atoms with E-state index in [1.807, 2.05) is 31.2 Å². The number of benzene rings is 3. The minimum atomic E-state index is -0.568. The van der Waals surface area contributed by atoms with Gasteiger partial charge >= 0.3 is 6.09 Å². The lowest BCUT2D eigenvalue weighted by molar-refractivity contribution is 0.0906. The van der Waals surface area contributed by atoms with Crippen molar-refractivity contribution in [2.24, 2.45) is 5.92 Å². The van der Waals surface area contributed by atoms with E-state index in [1.165, 1.54) is 0 Å². The van der Waals surface area contributed by atoms with Crippen LogP contribution in [0.4, 0.5) is 10.5 Å². The van der Waals surface area contributed by atoms with Crippen LogP contribution in [-0.2, 0) is 4.74 Å². The first kappa shape index (κ1) is 19.3. The van der Waals surface area contributed by atoms with Crippen molar-refractivity contribution in [1.82, 2.24) is 0 Å². The normalized spacial score (nSPS) is 12.8. The van der Waals surface area contributed by atoms with Gasteiger partial charge in [-0.05, 0) is 35.7 Å². The second-order valence-electron chi connectivity index (χ2n) is 6.49. The largest absolute Gasteiger partial charge is 0.507 e. The molecule has 0 bridgehead atoms. The van der Waals surface area contributed by atoms with Crippen molar-refractivity contribution in [1.29, 1.82) is 0 Å². The second-order valence-corrected chi connectivity index (χ2v) is 6.49. The SMILES string of the molecule is C=C[C@@H](C)[C@H](OC(=O)Nc1ccc(OC)cc1)c1ccc(O)c2ccccc12. The average molecular weight is 377 g/mol. The van der Waals surface area contributed by atoms with Crippen LogP contribution in [0.15, 0.2) is 73.3 Å². The lowest BCUT2D eigenvalue weighted by Gasteiger charge is -2.24. The molecule has 0 aromatic heterocycles. The van der Waals surface area contributed by atoms with Crippen molar-refractivity contribution < 1.29 is 19.4 Å². The fraction of sp³-hybridized carbons (Fsp3) is 0.174. The summed E-state index contributed by atoms with van der Waals surface area (Å²) in [5.41, 5.74) is 1.41. The first-order valence-corrected chi connectivity index (χ1v) is 8.98. The smallest absolute Gasteiger partial charge is 0.412 e. The maximum atomic E-state index is 12.5. The highest BCUT2D eigenvalue weighted by Gasteiger charge is 2.24. The van der Waals surface area contributed by atoms with Gasteiger partial charge < -0.3 is 14.6 Å². The topological polar surface area (TPSA) is 67.8 Å². The molecule has 28 heavy (non-hydrogen) atoms. The van der Waals surface area contributed by atoms with Crippen molar-refractivity contribution in [2.45, 2.75) is 13.0 Å². The van der Waals surface area contributed by atoms with Crippen LogP contribution < -0.4 is 10.1 Å². The van der Waals surface area contributed by atoms with Gasteiger partial charge in [0.05, 0.1) is 7.11 Å². The lowest BCUT2D eigenvalue weighted by atomic mass is 9.92. The Kier molecular flexibility index (Phi) is 5.84. The Labute approximate surface area is 164 Å². The van der Waals surface area contributed by atoms with Gasteiger partial charge in [0.1, 0.15) is 17.6 Å². The molecule has 5 nitrogen and oxygen atoms in total. The molecule has 1 amide bonds. The quantitative estimate of drug-likeness (QED) is 0.544. The van der Waals surface area contributed by atoms with Crippen LogP contribution in [0.3, 0.4) is 0 Å². The van der Waals surface area contributed by atoms with Gasteiger partial charge in [-0.25, -0.2) is 4.79 Å². The first-order valence-electron chi connectivity index (χ1n) is 8.98. The molecule has 3 aromatic carbocycles. The summed E-state index contributed by atoms with van der Waals surface area (Å²) >= 11 is 0. The van der Waals surface area contributed by atoms with E-state index in [-0.39, 0.29) is 11.7 Å². The van der Waals surface area contributed by atoms with E-state index in [4.69, 9.17) is 9.47 Å². The van der Waals surface area contributed by atoms with Gasteiger partial charge in [-0.3, -0.25) is 5.32 Å². The Morgan fingerprint density at radius 1 is 1.07 bits per heavy atom. The summed E-state index contributed by atoms with van der Waals surface area (Å²) in [5.74, 6) is 0.759. The number of carbonyl (C=O) groups is 1. The van der Waals surface area contributed by atoms with Crippen molar-refractivity contribution in [3.63, 3.8) is 0 Å². The van der Waals surface area contributed by atoms with E-state index < -0.39 is 12.2 Å². The maximum Gasteiger partial charge on any atom is 0.412 e. The summed E-state index contributed by atoms with van der Waals surface area (Å²) < 4.78 is 10.9. The number of ether oxygens (including phenoxy) is 2. The number of aromatic hydroxyl groups is 1. The third kappa shape index (κ3) is 4.09. The van der Waals surface area contributed by atoms with E-state index in [1.54, 1.807) is 49.6 Å². The molecule has 3 aromatic rings. The van der Waals surface area contributed by atoms with E-state index in [2.05, 4.69) is 11.9 Å². The maximum absolute atomic E-state index is 12.5.